The lowest BCUT2D eigenvalue weighted by Crippen LogP contribution is -2.37. The Hall–Kier alpha value is -2.78. The maximum atomic E-state index is 12.3. The first-order chi connectivity index (χ1) is 13.8. The molecule has 9 nitrogen and oxygen atoms in total. The van der Waals surface area contributed by atoms with Gasteiger partial charge < -0.3 is 15.1 Å². The average molecular weight is 439 g/mol. The molecule has 0 bridgehead atoms. The fourth-order valence-corrected chi connectivity index (χ4v) is 3.35. The summed E-state index contributed by atoms with van der Waals surface area (Å²) in [5, 5.41) is 8.87. The second-order valence-electron chi connectivity index (χ2n) is 6.48. The molecule has 2 aromatic heterocycles. The summed E-state index contributed by atoms with van der Waals surface area (Å²) in [6.07, 6.45) is 1.64. The molecule has 0 aliphatic heterocycles. The van der Waals surface area contributed by atoms with Gasteiger partial charge in [-0.2, -0.15) is 0 Å². The number of nitrogens with zero attached hydrogens (tertiary/aromatic N) is 4. The van der Waals surface area contributed by atoms with Crippen LogP contribution in [0.15, 0.2) is 32.2 Å². The zero-order valence-corrected chi connectivity index (χ0v) is 17.4. The Bertz CT molecular complexity index is 1140. The zero-order chi connectivity index (χ0) is 21.1. The number of rotatable bonds is 7. The highest BCUT2D eigenvalue weighted by Crippen LogP contribution is 2.29. The summed E-state index contributed by atoms with van der Waals surface area (Å²) in [6.45, 7) is 2.52. The van der Waals surface area contributed by atoms with Gasteiger partial charge in [0.15, 0.2) is 0 Å². The van der Waals surface area contributed by atoms with Crippen LogP contribution in [0.3, 0.4) is 0 Å². The molecular weight excluding hydrogens is 419 g/mol. The lowest BCUT2D eigenvalue weighted by molar-refractivity contribution is 0.503. The van der Waals surface area contributed by atoms with Gasteiger partial charge >= 0.3 is 5.69 Å². The highest BCUT2D eigenvalue weighted by atomic mass is 35.5. The normalized spacial score (nSPS) is 11.0. The van der Waals surface area contributed by atoms with E-state index in [0.29, 0.717) is 22.2 Å². The van der Waals surface area contributed by atoms with E-state index in [2.05, 4.69) is 15.2 Å². The number of H-pyrrole nitrogens is 1. The van der Waals surface area contributed by atoms with Crippen molar-refractivity contribution < 1.29 is 4.42 Å². The lowest BCUT2D eigenvalue weighted by atomic mass is 10.2. The summed E-state index contributed by atoms with van der Waals surface area (Å²) in [6, 6.07) is 4.92. The molecule has 2 heterocycles. The molecule has 0 atom stereocenters. The van der Waals surface area contributed by atoms with E-state index in [4.69, 9.17) is 33.4 Å². The van der Waals surface area contributed by atoms with Gasteiger partial charge in [0.2, 0.25) is 11.8 Å². The van der Waals surface area contributed by atoms with Crippen molar-refractivity contribution in [1.29, 1.82) is 0 Å². The molecule has 0 unspecified atom stereocenters. The second kappa shape index (κ2) is 8.71. The number of halogens is 2. The fraction of sp³-hybridized carbons (Fsp3) is 0.333. The van der Waals surface area contributed by atoms with E-state index in [1.807, 2.05) is 6.92 Å². The minimum atomic E-state index is -0.580. The third-order valence-electron chi connectivity index (χ3n) is 4.33. The number of nitrogen functional groups attached to an aromatic ring is 1. The van der Waals surface area contributed by atoms with Crippen LogP contribution < -0.4 is 21.9 Å². The highest BCUT2D eigenvalue weighted by molar-refractivity contribution is 6.36. The van der Waals surface area contributed by atoms with Crippen molar-refractivity contribution in [3.8, 4) is 11.5 Å². The second-order valence-corrected chi connectivity index (χ2v) is 7.32. The van der Waals surface area contributed by atoms with Crippen molar-refractivity contribution in [2.24, 2.45) is 0 Å². The molecule has 3 rings (SSSR count). The van der Waals surface area contributed by atoms with Crippen LogP contribution in [0.1, 0.15) is 25.7 Å². The smallest absolute Gasteiger partial charge is 0.330 e. The van der Waals surface area contributed by atoms with Crippen molar-refractivity contribution in [2.75, 3.05) is 17.7 Å². The van der Waals surface area contributed by atoms with E-state index < -0.39 is 11.2 Å². The molecule has 0 spiro atoms. The molecule has 3 N–H and O–H groups in total. The lowest BCUT2D eigenvalue weighted by Gasteiger charge is -2.20. The summed E-state index contributed by atoms with van der Waals surface area (Å²) < 4.78 is 7.02. The van der Waals surface area contributed by atoms with Gasteiger partial charge in [-0.25, -0.2) is 4.79 Å². The van der Waals surface area contributed by atoms with Gasteiger partial charge in [-0.1, -0.05) is 36.5 Å². The largest absolute Gasteiger partial charge is 0.419 e. The summed E-state index contributed by atoms with van der Waals surface area (Å²) in [7, 11) is 1.65. The van der Waals surface area contributed by atoms with Crippen LogP contribution in [-0.2, 0) is 13.1 Å². The van der Waals surface area contributed by atoms with Crippen molar-refractivity contribution >= 4 is 34.7 Å². The molecule has 1 aromatic carbocycles. The third kappa shape index (κ3) is 4.46. The Morgan fingerprint density at radius 1 is 1.28 bits per heavy atom. The van der Waals surface area contributed by atoms with Crippen molar-refractivity contribution in [1.82, 2.24) is 19.7 Å². The number of aromatic nitrogens is 4. The highest BCUT2D eigenvalue weighted by Gasteiger charge is 2.19. The molecule has 0 amide bonds. The van der Waals surface area contributed by atoms with E-state index in [9.17, 15) is 9.59 Å². The average Bonchev–Trinajstić information content (AvgIpc) is 3.09. The number of hydrogen-bond donors (Lipinski definition) is 2. The van der Waals surface area contributed by atoms with E-state index in [1.165, 1.54) is 4.57 Å². The number of benzene rings is 1. The van der Waals surface area contributed by atoms with Gasteiger partial charge in [0.1, 0.15) is 11.5 Å². The molecule has 11 heteroatoms. The van der Waals surface area contributed by atoms with Gasteiger partial charge in [0.25, 0.3) is 5.56 Å². The zero-order valence-electron chi connectivity index (χ0n) is 15.9. The minimum Gasteiger partial charge on any atom is -0.419 e. The molecule has 0 saturated carbocycles. The van der Waals surface area contributed by atoms with Crippen molar-refractivity contribution in [3.63, 3.8) is 0 Å². The Morgan fingerprint density at radius 2 is 2.03 bits per heavy atom. The minimum absolute atomic E-state index is 0.0928. The first kappa shape index (κ1) is 20.9. The fourth-order valence-electron chi connectivity index (χ4n) is 2.86. The first-order valence-electron chi connectivity index (χ1n) is 8.93. The molecular formula is C18H20Cl2N6O3. The molecule has 29 heavy (non-hydrogen) atoms. The summed E-state index contributed by atoms with van der Waals surface area (Å²) in [4.78, 5) is 28.3. The van der Waals surface area contributed by atoms with Crippen LogP contribution >= 0.6 is 23.2 Å². The maximum absolute atomic E-state index is 12.3. The van der Waals surface area contributed by atoms with Gasteiger partial charge in [-0.05, 0) is 24.6 Å². The van der Waals surface area contributed by atoms with Crippen LogP contribution in [-0.4, -0.2) is 26.8 Å². The van der Waals surface area contributed by atoms with Crippen LogP contribution in [0.5, 0.6) is 0 Å². The Labute approximate surface area is 176 Å². The monoisotopic (exact) mass is 438 g/mol. The summed E-state index contributed by atoms with van der Waals surface area (Å²) in [5.41, 5.74) is 5.70. The predicted octanol–water partition coefficient (Wildman–Crippen LogP) is 2.91. The van der Waals surface area contributed by atoms with Crippen molar-refractivity contribution in [3.05, 3.63) is 55.0 Å². The predicted molar refractivity (Wildman–Crippen MR) is 113 cm³/mol. The summed E-state index contributed by atoms with van der Waals surface area (Å²) >= 11 is 12.1. The number of nitrogens with two attached hydrogens (primary N) is 1. The first-order valence-corrected chi connectivity index (χ1v) is 9.69. The number of hydrogen-bond acceptors (Lipinski definition) is 7. The topological polar surface area (TPSA) is 123 Å². The van der Waals surface area contributed by atoms with E-state index in [1.54, 1.807) is 30.1 Å². The van der Waals surface area contributed by atoms with Crippen LogP contribution in [0.4, 0.5) is 11.5 Å². The van der Waals surface area contributed by atoms with Gasteiger partial charge in [0.05, 0.1) is 17.1 Å². The molecule has 0 fully saturated rings. The van der Waals surface area contributed by atoms with Crippen LogP contribution in [0, 0.1) is 0 Å². The van der Waals surface area contributed by atoms with Gasteiger partial charge in [0, 0.05) is 18.6 Å². The van der Waals surface area contributed by atoms with E-state index in [0.717, 1.165) is 12.8 Å². The standard InChI is InChI=1S/C18H20Cl2N6O3/c1-3-4-7-26-15(21)14(16(27)22-18(26)28)25(2)9-13-23-24-17(29-13)11-6-5-10(19)8-12(11)20/h5-6,8H,3-4,7,9,21H2,1-2H3,(H,22,27,28). The van der Waals surface area contributed by atoms with Crippen LogP contribution in [0.25, 0.3) is 11.5 Å². The molecule has 0 saturated heterocycles. The van der Waals surface area contributed by atoms with Crippen LogP contribution in [0.2, 0.25) is 10.0 Å². The van der Waals surface area contributed by atoms with E-state index in [-0.39, 0.29) is 29.8 Å². The molecule has 0 radical (unpaired) electrons. The Morgan fingerprint density at radius 3 is 2.72 bits per heavy atom. The van der Waals surface area contributed by atoms with Crippen molar-refractivity contribution in [2.45, 2.75) is 32.9 Å². The molecule has 0 aliphatic rings. The third-order valence-corrected chi connectivity index (χ3v) is 4.88. The Kier molecular flexibility index (Phi) is 6.29. The number of unbranched alkanes of at least 4 members (excludes halogenated alkanes) is 1. The van der Waals surface area contributed by atoms with Gasteiger partial charge in [-0.3, -0.25) is 14.3 Å². The number of nitrogens with one attached hydrogen (secondary N) is 1. The summed E-state index contributed by atoms with van der Waals surface area (Å²) in [5.74, 6) is 0.568. The molecule has 154 valence electrons. The maximum Gasteiger partial charge on any atom is 0.330 e. The quantitative estimate of drug-likeness (QED) is 0.580. The number of anilines is 2. The van der Waals surface area contributed by atoms with Gasteiger partial charge in [-0.15, -0.1) is 10.2 Å². The SMILES string of the molecule is CCCCn1c(N)c(N(C)Cc2nnc(-c3ccc(Cl)cc3Cl)o2)c(=O)[nH]c1=O. The number of aromatic amines is 1. The van der Waals surface area contributed by atoms with E-state index >= 15 is 0 Å². The molecule has 3 aromatic rings. The molecule has 0 aliphatic carbocycles. The Balaban J connectivity index is 1.88.